The van der Waals surface area contributed by atoms with Crippen molar-refractivity contribution in [2.24, 2.45) is 5.73 Å². The number of nitrogens with two attached hydrogens (primary N) is 1. The molecule has 0 heterocycles. The molecule has 0 radical (unpaired) electrons. The summed E-state index contributed by atoms with van der Waals surface area (Å²) in [5, 5.41) is 0. The first-order valence-electron chi connectivity index (χ1n) is 19.5. The van der Waals surface area contributed by atoms with E-state index in [1.165, 1.54) is 103 Å². The second-order valence-corrected chi connectivity index (χ2v) is 14.3. The third-order valence-electron chi connectivity index (χ3n) is 8.12. The maximum Gasteiger partial charge on any atom is 0.472 e. The summed E-state index contributed by atoms with van der Waals surface area (Å²) in [7, 11) is -4.27. The zero-order valence-electron chi connectivity index (χ0n) is 31.0. The molecule has 0 aromatic rings. The number of hydrogen-bond acceptors (Lipinski definition) is 7. The number of esters is 1. The number of phosphoric acid groups is 1. The van der Waals surface area contributed by atoms with Crippen LogP contribution in [0, 0.1) is 0 Å². The van der Waals surface area contributed by atoms with Gasteiger partial charge in [0, 0.05) is 13.0 Å². The second kappa shape index (κ2) is 36.8. The van der Waals surface area contributed by atoms with Crippen LogP contribution in [0.4, 0.5) is 0 Å². The van der Waals surface area contributed by atoms with E-state index in [-0.39, 0.29) is 32.3 Å². The first kappa shape index (κ1) is 46.6. The Hall–Kier alpha value is -1.44. The lowest BCUT2D eigenvalue weighted by Gasteiger charge is -2.19. The zero-order valence-corrected chi connectivity index (χ0v) is 31.9. The molecule has 0 aliphatic heterocycles. The van der Waals surface area contributed by atoms with Gasteiger partial charge in [0.15, 0.2) is 6.10 Å². The molecule has 2 atom stereocenters. The van der Waals surface area contributed by atoms with Crippen LogP contribution < -0.4 is 5.73 Å². The highest BCUT2D eigenvalue weighted by atomic mass is 31.2. The van der Waals surface area contributed by atoms with Crippen molar-refractivity contribution in [3.63, 3.8) is 0 Å². The molecule has 9 heteroatoms. The van der Waals surface area contributed by atoms with Gasteiger partial charge in [0.25, 0.3) is 0 Å². The van der Waals surface area contributed by atoms with Gasteiger partial charge >= 0.3 is 13.8 Å². The van der Waals surface area contributed by atoms with Gasteiger partial charge in [-0.25, -0.2) is 4.57 Å². The van der Waals surface area contributed by atoms with Crippen molar-refractivity contribution in [2.45, 2.75) is 180 Å². The third kappa shape index (κ3) is 35.9. The highest BCUT2D eigenvalue weighted by molar-refractivity contribution is 7.47. The standard InChI is InChI=1S/C39H74NO7P/c1-3-5-7-9-11-13-15-17-18-19-21-23-25-27-29-31-34-44-38(37-47-48(42,43)46-35-33-40)36-45-39(41)32-30-28-26-24-22-20-16-14-12-10-8-6-4-2/h14,16-18,31,34,38H,3-13,15,19-30,32-33,35-37,40H2,1-2H3,(H,42,43). The van der Waals surface area contributed by atoms with Gasteiger partial charge in [-0.05, 0) is 76.7 Å². The van der Waals surface area contributed by atoms with E-state index in [4.69, 9.17) is 24.3 Å². The number of carbonyl (C=O) groups excluding carboxylic acids is 1. The summed E-state index contributed by atoms with van der Waals surface area (Å²) in [4.78, 5) is 22.2. The summed E-state index contributed by atoms with van der Waals surface area (Å²) in [5.74, 6) is -0.303. The molecule has 48 heavy (non-hydrogen) atoms. The summed E-state index contributed by atoms with van der Waals surface area (Å²) in [6.07, 6.45) is 41.1. The summed E-state index contributed by atoms with van der Waals surface area (Å²) >= 11 is 0. The summed E-state index contributed by atoms with van der Waals surface area (Å²) in [6.45, 7) is 4.17. The van der Waals surface area contributed by atoms with Gasteiger partial charge < -0.3 is 20.1 Å². The second-order valence-electron chi connectivity index (χ2n) is 12.8. The first-order chi connectivity index (χ1) is 23.4. The molecule has 0 saturated heterocycles. The lowest BCUT2D eigenvalue weighted by molar-refractivity contribution is -0.147. The fourth-order valence-corrected chi connectivity index (χ4v) is 5.91. The lowest BCUT2D eigenvalue weighted by atomic mass is 10.1. The average molecular weight is 700 g/mol. The van der Waals surface area contributed by atoms with Crippen molar-refractivity contribution in [2.75, 3.05) is 26.4 Å². The molecule has 3 N–H and O–H groups in total. The largest absolute Gasteiger partial charge is 0.492 e. The normalized spacial score (nSPS) is 13.9. The Morgan fingerprint density at radius 2 is 1.06 bits per heavy atom. The number of rotatable bonds is 37. The molecule has 0 aromatic carbocycles. The predicted octanol–water partition coefficient (Wildman–Crippen LogP) is 11.4. The SMILES string of the molecule is CCCCCCC=CCCCCCCCC(=O)OCC(COP(=O)(O)OCCN)OC=CCCCCCCC=CCCCCCCCC. The molecular weight excluding hydrogens is 625 g/mol. The van der Waals surface area contributed by atoms with Crippen LogP contribution >= 0.6 is 7.82 Å². The van der Waals surface area contributed by atoms with Crippen molar-refractivity contribution in [1.82, 2.24) is 0 Å². The van der Waals surface area contributed by atoms with Crippen LogP contribution in [0.2, 0.25) is 0 Å². The van der Waals surface area contributed by atoms with Gasteiger partial charge in [-0.15, -0.1) is 0 Å². The van der Waals surface area contributed by atoms with E-state index < -0.39 is 13.9 Å². The Balaban J connectivity index is 4.17. The molecule has 0 rings (SSSR count). The van der Waals surface area contributed by atoms with Crippen molar-refractivity contribution in [3.05, 3.63) is 36.6 Å². The number of carbonyl (C=O) groups is 1. The fourth-order valence-electron chi connectivity index (χ4n) is 5.14. The van der Waals surface area contributed by atoms with Crippen LogP contribution in [0.15, 0.2) is 36.6 Å². The average Bonchev–Trinajstić information content (AvgIpc) is 3.08. The van der Waals surface area contributed by atoms with E-state index >= 15 is 0 Å². The molecule has 0 aliphatic rings. The molecule has 282 valence electrons. The fraction of sp³-hybridized carbons (Fsp3) is 0.821. The van der Waals surface area contributed by atoms with Gasteiger partial charge in [-0.2, -0.15) is 0 Å². The van der Waals surface area contributed by atoms with E-state index in [1.807, 2.05) is 6.08 Å². The summed E-state index contributed by atoms with van der Waals surface area (Å²) < 4.78 is 33.1. The van der Waals surface area contributed by atoms with Gasteiger partial charge in [0.1, 0.15) is 6.61 Å². The number of allylic oxidation sites excluding steroid dienone is 5. The molecule has 0 aliphatic carbocycles. The Bertz CT molecular complexity index is 833. The first-order valence-corrected chi connectivity index (χ1v) is 21.0. The van der Waals surface area contributed by atoms with E-state index in [0.717, 1.165) is 51.4 Å². The predicted molar refractivity (Wildman–Crippen MR) is 201 cm³/mol. The molecule has 0 fully saturated rings. The zero-order chi connectivity index (χ0) is 35.2. The quantitative estimate of drug-likeness (QED) is 0.0216. The molecule has 0 bridgehead atoms. The number of phosphoric ester groups is 1. The van der Waals surface area contributed by atoms with Gasteiger partial charge in [0.2, 0.25) is 0 Å². The van der Waals surface area contributed by atoms with Crippen LogP contribution in [0.3, 0.4) is 0 Å². The highest BCUT2D eigenvalue weighted by Gasteiger charge is 2.24. The molecular formula is C39H74NO7P. The van der Waals surface area contributed by atoms with Crippen molar-refractivity contribution < 1.29 is 32.8 Å². The molecule has 0 saturated carbocycles. The van der Waals surface area contributed by atoms with E-state index in [0.29, 0.717) is 6.42 Å². The van der Waals surface area contributed by atoms with Crippen LogP contribution in [-0.4, -0.2) is 43.3 Å². The minimum atomic E-state index is -4.27. The van der Waals surface area contributed by atoms with Crippen LogP contribution in [-0.2, 0) is 27.9 Å². The van der Waals surface area contributed by atoms with Crippen LogP contribution in [0.25, 0.3) is 0 Å². The monoisotopic (exact) mass is 700 g/mol. The maximum absolute atomic E-state index is 12.3. The Morgan fingerprint density at radius 1 is 0.625 bits per heavy atom. The van der Waals surface area contributed by atoms with Crippen LogP contribution in [0.1, 0.15) is 174 Å². The van der Waals surface area contributed by atoms with Gasteiger partial charge in [-0.3, -0.25) is 13.8 Å². The van der Waals surface area contributed by atoms with E-state index in [2.05, 4.69) is 38.2 Å². The molecule has 8 nitrogen and oxygen atoms in total. The van der Waals surface area contributed by atoms with Gasteiger partial charge in [-0.1, -0.05) is 122 Å². The Labute approximate surface area is 295 Å². The molecule has 0 aromatic heterocycles. The maximum atomic E-state index is 12.3. The van der Waals surface area contributed by atoms with E-state index in [1.54, 1.807) is 6.26 Å². The topological polar surface area (TPSA) is 117 Å². The Morgan fingerprint density at radius 3 is 1.56 bits per heavy atom. The van der Waals surface area contributed by atoms with Gasteiger partial charge in [0.05, 0.1) is 19.5 Å². The number of ether oxygens (including phenoxy) is 2. The molecule has 0 spiro atoms. The third-order valence-corrected chi connectivity index (χ3v) is 9.10. The summed E-state index contributed by atoms with van der Waals surface area (Å²) in [5.41, 5.74) is 5.35. The molecule has 2 unspecified atom stereocenters. The summed E-state index contributed by atoms with van der Waals surface area (Å²) in [6, 6.07) is 0. The molecule has 0 amide bonds. The highest BCUT2D eigenvalue weighted by Crippen LogP contribution is 2.43. The number of hydrogen-bond donors (Lipinski definition) is 2. The van der Waals surface area contributed by atoms with Crippen molar-refractivity contribution >= 4 is 13.8 Å². The number of unbranched alkanes of at least 4 members (excludes halogenated alkanes) is 20. The minimum absolute atomic E-state index is 0.0722. The lowest BCUT2D eigenvalue weighted by Crippen LogP contribution is -2.25. The van der Waals surface area contributed by atoms with Crippen molar-refractivity contribution in [1.29, 1.82) is 0 Å². The van der Waals surface area contributed by atoms with Crippen LogP contribution in [0.5, 0.6) is 0 Å². The van der Waals surface area contributed by atoms with Crippen molar-refractivity contribution in [3.8, 4) is 0 Å². The Kier molecular flexibility index (Phi) is 35.7. The minimum Gasteiger partial charge on any atom is -0.492 e. The van der Waals surface area contributed by atoms with E-state index in [9.17, 15) is 14.3 Å². The smallest absolute Gasteiger partial charge is 0.472 e.